The lowest BCUT2D eigenvalue weighted by atomic mass is 10.0. The van der Waals surface area contributed by atoms with Gasteiger partial charge in [0.1, 0.15) is 24.0 Å². The van der Waals surface area contributed by atoms with Crippen molar-refractivity contribution in [3.63, 3.8) is 0 Å². The van der Waals surface area contributed by atoms with Gasteiger partial charge in [0, 0.05) is 63.0 Å². The van der Waals surface area contributed by atoms with Gasteiger partial charge in [-0.1, -0.05) is 60.7 Å². The van der Waals surface area contributed by atoms with Crippen molar-refractivity contribution in [2.24, 2.45) is 0 Å². The van der Waals surface area contributed by atoms with Crippen LogP contribution in [0.1, 0.15) is 51.2 Å². The molecule has 0 aliphatic carbocycles. The zero-order valence-corrected chi connectivity index (χ0v) is 30.2. The lowest BCUT2D eigenvalue weighted by Crippen LogP contribution is -2.49. The van der Waals surface area contributed by atoms with Gasteiger partial charge in [-0.3, -0.25) is 13.9 Å². The van der Waals surface area contributed by atoms with E-state index in [-0.39, 0.29) is 29.0 Å². The Labute approximate surface area is 303 Å². The van der Waals surface area contributed by atoms with Crippen LogP contribution in [0.25, 0.3) is 0 Å². The molecule has 4 rings (SSSR count). The SMILES string of the molecule is CO[C@@H](CNCc1ccccc1)C[C@@H](O)[C@H](COc1cc(F)cc(F)c1)NC(=O)c1cc(C(=O)N[C@H](C)c2ccccc2)cc(N(C)S(C)(=O)=O)c1. The van der Waals surface area contributed by atoms with Gasteiger partial charge in [0.2, 0.25) is 10.0 Å². The number of methoxy groups -OCH3 is 1. The zero-order valence-electron chi connectivity index (χ0n) is 29.4. The molecule has 0 bridgehead atoms. The molecule has 0 spiro atoms. The Morgan fingerprint density at radius 3 is 2.02 bits per heavy atom. The highest BCUT2D eigenvalue weighted by Gasteiger charge is 2.28. The highest BCUT2D eigenvalue weighted by atomic mass is 32.2. The number of halogens is 2. The lowest BCUT2D eigenvalue weighted by Gasteiger charge is -2.28. The molecule has 0 aliphatic heterocycles. The molecule has 0 heterocycles. The van der Waals surface area contributed by atoms with Gasteiger partial charge in [-0.25, -0.2) is 17.2 Å². The number of aliphatic hydroxyl groups is 1. The first-order valence-corrected chi connectivity index (χ1v) is 18.4. The molecule has 52 heavy (non-hydrogen) atoms. The number of nitrogens with zero attached hydrogens (tertiary/aromatic N) is 1. The van der Waals surface area contributed by atoms with E-state index in [1.807, 2.05) is 60.7 Å². The van der Waals surface area contributed by atoms with Crippen LogP contribution in [0, 0.1) is 11.6 Å². The first kappa shape index (κ1) is 39.9. The molecule has 0 aliphatic rings. The molecule has 0 radical (unpaired) electrons. The molecule has 4 aromatic carbocycles. The number of benzene rings is 4. The molecule has 4 atom stereocenters. The summed E-state index contributed by atoms with van der Waals surface area (Å²) in [6.45, 7) is 2.27. The third-order valence-corrected chi connectivity index (χ3v) is 9.58. The van der Waals surface area contributed by atoms with Crippen LogP contribution in [0.15, 0.2) is 97.1 Å². The average Bonchev–Trinajstić information content (AvgIpc) is 3.12. The molecular weight excluding hydrogens is 695 g/mol. The number of carbonyl (C=O) groups excluding carboxylic acids is 2. The second-order valence-corrected chi connectivity index (χ2v) is 14.4. The van der Waals surface area contributed by atoms with Gasteiger partial charge in [0.05, 0.1) is 36.2 Å². The summed E-state index contributed by atoms with van der Waals surface area (Å²) < 4.78 is 65.0. The first-order valence-electron chi connectivity index (χ1n) is 16.5. The van der Waals surface area contributed by atoms with Crippen LogP contribution in [0.5, 0.6) is 5.75 Å². The average molecular weight is 739 g/mol. The van der Waals surface area contributed by atoms with Gasteiger partial charge < -0.3 is 30.5 Å². The second kappa shape index (κ2) is 18.6. The maximum atomic E-state index is 13.9. The molecular formula is C38H44F2N4O7S. The Morgan fingerprint density at radius 2 is 1.44 bits per heavy atom. The number of aliphatic hydroxyl groups excluding tert-OH is 1. The minimum atomic E-state index is -3.80. The van der Waals surface area contributed by atoms with E-state index < -0.39 is 64.4 Å². The highest BCUT2D eigenvalue weighted by Crippen LogP contribution is 2.23. The van der Waals surface area contributed by atoms with Crippen LogP contribution in [0.2, 0.25) is 0 Å². The summed E-state index contributed by atoms with van der Waals surface area (Å²) in [6.07, 6.45) is -0.802. The normalized spacial score (nSPS) is 13.8. The Morgan fingerprint density at radius 1 is 0.865 bits per heavy atom. The fourth-order valence-electron chi connectivity index (χ4n) is 5.32. The molecule has 2 amide bonds. The number of hydrogen-bond donors (Lipinski definition) is 4. The molecule has 0 saturated heterocycles. The predicted octanol–water partition coefficient (Wildman–Crippen LogP) is 4.58. The molecule has 0 unspecified atom stereocenters. The van der Waals surface area contributed by atoms with Crippen molar-refractivity contribution in [3.05, 3.63) is 131 Å². The smallest absolute Gasteiger partial charge is 0.251 e. The van der Waals surface area contributed by atoms with Crippen LogP contribution < -0.4 is 25.0 Å². The number of sulfonamides is 1. The number of rotatable bonds is 18. The van der Waals surface area contributed by atoms with Crippen molar-refractivity contribution in [1.29, 1.82) is 0 Å². The third-order valence-electron chi connectivity index (χ3n) is 8.38. The van der Waals surface area contributed by atoms with E-state index in [0.717, 1.165) is 33.8 Å². The molecule has 4 N–H and O–H groups in total. The van der Waals surface area contributed by atoms with E-state index in [1.54, 1.807) is 6.92 Å². The number of anilines is 1. The summed E-state index contributed by atoms with van der Waals surface area (Å²) in [5.74, 6) is -3.25. The Kier molecular flexibility index (Phi) is 14.2. The number of ether oxygens (including phenoxy) is 2. The summed E-state index contributed by atoms with van der Waals surface area (Å²) >= 11 is 0. The lowest BCUT2D eigenvalue weighted by molar-refractivity contribution is 0.0205. The molecule has 11 nitrogen and oxygen atoms in total. The predicted molar refractivity (Wildman–Crippen MR) is 195 cm³/mol. The van der Waals surface area contributed by atoms with Crippen LogP contribution in [0.4, 0.5) is 14.5 Å². The molecule has 278 valence electrons. The van der Waals surface area contributed by atoms with Crippen molar-refractivity contribution in [1.82, 2.24) is 16.0 Å². The summed E-state index contributed by atoms with van der Waals surface area (Å²) in [6, 6.07) is 23.9. The van der Waals surface area contributed by atoms with E-state index in [9.17, 15) is 31.9 Å². The van der Waals surface area contributed by atoms with Gasteiger partial charge in [-0.15, -0.1) is 0 Å². The minimum absolute atomic E-state index is 0.00783. The van der Waals surface area contributed by atoms with Crippen LogP contribution >= 0.6 is 0 Å². The number of hydrogen-bond acceptors (Lipinski definition) is 8. The zero-order chi connectivity index (χ0) is 37.8. The van der Waals surface area contributed by atoms with Crippen molar-refractivity contribution in [3.8, 4) is 5.75 Å². The largest absolute Gasteiger partial charge is 0.491 e. The Balaban J connectivity index is 1.58. The van der Waals surface area contributed by atoms with Crippen molar-refractivity contribution < 1.29 is 41.4 Å². The number of carbonyl (C=O) groups is 2. The standard InChI is InChI=1S/C38H44F2N4O7S/c1-25(27-13-9-6-10-14-27)42-37(46)28-15-29(17-32(16-28)44(2)52(4,48)49)38(47)43-35(24-51-33-19-30(39)18-31(40)20-33)36(45)21-34(50-3)23-41-22-26-11-7-5-8-12-26/h5-20,25,34-36,41,45H,21-24H2,1-4H3,(H,42,46)(H,43,47)/t25-,34-,35+,36-/m1/s1. The van der Waals surface area contributed by atoms with E-state index in [4.69, 9.17) is 9.47 Å². The maximum absolute atomic E-state index is 13.9. The van der Waals surface area contributed by atoms with E-state index in [2.05, 4.69) is 16.0 Å². The summed E-state index contributed by atoms with van der Waals surface area (Å²) in [5.41, 5.74) is 1.84. The Hall–Kier alpha value is -4.89. The van der Waals surface area contributed by atoms with Gasteiger partial charge in [-0.05, 0) is 36.2 Å². The van der Waals surface area contributed by atoms with Crippen LogP contribution in [0.3, 0.4) is 0 Å². The second-order valence-electron chi connectivity index (χ2n) is 12.4. The molecule has 0 fully saturated rings. The monoisotopic (exact) mass is 738 g/mol. The number of amides is 2. The van der Waals surface area contributed by atoms with Crippen molar-refractivity contribution in [2.45, 2.75) is 44.2 Å². The fraction of sp³-hybridized carbons (Fsp3) is 0.316. The fourth-order valence-corrected chi connectivity index (χ4v) is 5.81. The van der Waals surface area contributed by atoms with E-state index >= 15 is 0 Å². The molecule has 0 aromatic heterocycles. The topological polar surface area (TPSA) is 146 Å². The summed E-state index contributed by atoms with van der Waals surface area (Å²) in [4.78, 5) is 27.3. The van der Waals surface area contributed by atoms with Gasteiger partial charge in [0.15, 0.2) is 0 Å². The van der Waals surface area contributed by atoms with Gasteiger partial charge in [0.25, 0.3) is 11.8 Å². The van der Waals surface area contributed by atoms with Crippen molar-refractivity contribution in [2.75, 3.05) is 37.9 Å². The number of nitrogens with one attached hydrogen (secondary N) is 3. The third kappa shape index (κ3) is 11.8. The molecule has 4 aromatic rings. The highest BCUT2D eigenvalue weighted by molar-refractivity contribution is 7.92. The van der Waals surface area contributed by atoms with Gasteiger partial charge >= 0.3 is 0 Å². The molecule has 14 heteroatoms. The van der Waals surface area contributed by atoms with Crippen LogP contribution in [-0.4, -0.2) is 77.2 Å². The van der Waals surface area contributed by atoms with Crippen LogP contribution in [-0.2, 0) is 21.3 Å². The first-order chi connectivity index (χ1) is 24.7. The Bertz CT molecular complexity index is 1880. The van der Waals surface area contributed by atoms with Gasteiger partial charge in [-0.2, -0.15) is 0 Å². The van der Waals surface area contributed by atoms with E-state index in [0.29, 0.717) is 19.2 Å². The van der Waals surface area contributed by atoms with E-state index in [1.165, 1.54) is 32.4 Å². The maximum Gasteiger partial charge on any atom is 0.251 e. The quantitative estimate of drug-likeness (QED) is 0.116. The summed E-state index contributed by atoms with van der Waals surface area (Å²) in [5, 5.41) is 20.3. The minimum Gasteiger partial charge on any atom is -0.491 e. The summed E-state index contributed by atoms with van der Waals surface area (Å²) in [7, 11) is -1.03. The van der Waals surface area contributed by atoms with Crippen molar-refractivity contribution >= 4 is 27.5 Å². The molecule has 0 saturated carbocycles.